The largest absolute Gasteiger partial charge is 0.492 e. The highest BCUT2D eigenvalue weighted by Gasteiger charge is 2.11. The molecule has 8 heteroatoms. The molecule has 0 spiro atoms. The van der Waals surface area contributed by atoms with Gasteiger partial charge in [-0.15, -0.1) is 0 Å². The first-order valence-electron chi connectivity index (χ1n) is 10.7. The minimum atomic E-state index is -0.606. The topological polar surface area (TPSA) is 79.5 Å². The van der Waals surface area contributed by atoms with E-state index >= 15 is 0 Å². The summed E-state index contributed by atoms with van der Waals surface area (Å²) in [6.45, 7) is 4.33. The molecule has 0 unspecified atom stereocenters. The number of hydrogen-bond donors (Lipinski definition) is 2. The molecule has 0 saturated carbocycles. The van der Waals surface area contributed by atoms with Gasteiger partial charge in [0.2, 0.25) is 5.88 Å². The van der Waals surface area contributed by atoms with Crippen molar-refractivity contribution in [2.45, 2.75) is 32.2 Å². The number of amides is 1. The molecule has 0 bridgehead atoms. The van der Waals surface area contributed by atoms with Crippen molar-refractivity contribution >= 4 is 17.1 Å². The first kappa shape index (κ1) is 21.1. The lowest BCUT2D eigenvalue weighted by Crippen LogP contribution is -2.31. The number of halogens is 1. The van der Waals surface area contributed by atoms with Crippen LogP contribution in [0.3, 0.4) is 0 Å². The molecule has 164 valence electrons. The van der Waals surface area contributed by atoms with Gasteiger partial charge in [0.05, 0.1) is 12.8 Å². The third-order valence-corrected chi connectivity index (χ3v) is 5.31. The minimum Gasteiger partial charge on any atom is -0.492 e. The molecule has 0 radical (unpaired) electrons. The lowest BCUT2D eigenvalue weighted by atomic mass is 10.1. The predicted molar refractivity (Wildman–Crippen MR) is 116 cm³/mol. The summed E-state index contributed by atoms with van der Waals surface area (Å²) >= 11 is 0. The third kappa shape index (κ3) is 6.18. The number of rotatable bonds is 8. The van der Waals surface area contributed by atoms with Crippen molar-refractivity contribution in [3.63, 3.8) is 0 Å². The highest BCUT2D eigenvalue weighted by molar-refractivity contribution is 5.80. The minimum absolute atomic E-state index is 0.243. The van der Waals surface area contributed by atoms with Gasteiger partial charge in [0.25, 0.3) is 0 Å². The Hall–Kier alpha value is -3.13. The van der Waals surface area contributed by atoms with Gasteiger partial charge in [-0.05, 0) is 56.1 Å². The molecule has 1 aromatic carbocycles. The molecule has 3 aromatic rings. The number of benzene rings is 1. The van der Waals surface area contributed by atoms with Gasteiger partial charge in [-0.2, -0.15) is 0 Å². The molecule has 1 aliphatic heterocycles. The summed E-state index contributed by atoms with van der Waals surface area (Å²) in [5.74, 6) is 0.668. The van der Waals surface area contributed by atoms with E-state index in [-0.39, 0.29) is 12.4 Å². The summed E-state index contributed by atoms with van der Waals surface area (Å²) in [7, 11) is 0. The van der Waals surface area contributed by atoms with E-state index in [9.17, 15) is 9.18 Å². The molecular weight excluding hydrogens is 399 g/mol. The van der Waals surface area contributed by atoms with Gasteiger partial charge in [0.15, 0.2) is 0 Å². The van der Waals surface area contributed by atoms with Gasteiger partial charge in [-0.25, -0.2) is 14.2 Å². The Morgan fingerprint density at radius 3 is 2.77 bits per heavy atom. The molecule has 1 aliphatic rings. The zero-order chi connectivity index (χ0) is 21.5. The second-order valence-corrected chi connectivity index (χ2v) is 7.72. The Labute approximate surface area is 180 Å². The Kier molecular flexibility index (Phi) is 6.99. The highest BCUT2D eigenvalue weighted by atomic mass is 19.1. The van der Waals surface area contributed by atoms with Crippen LogP contribution in [0, 0.1) is 5.82 Å². The Balaban J connectivity index is 1.24. The first-order chi connectivity index (χ1) is 15.2. The summed E-state index contributed by atoms with van der Waals surface area (Å²) in [5.41, 5.74) is 1.39. The van der Waals surface area contributed by atoms with Crippen molar-refractivity contribution in [1.29, 1.82) is 0 Å². The van der Waals surface area contributed by atoms with E-state index in [1.807, 2.05) is 6.07 Å². The molecule has 1 fully saturated rings. The fourth-order valence-electron chi connectivity index (χ4n) is 3.68. The molecule has 2 N–H and O–H groups in total. The van der Waals surface area contributed by atoms with Crippen LogP contribution >= 0.6 is 0 Å². The van der Waals surface area contributed by atoms with Crippen LogP contribution in [0.1, 0.15) is 31.2 Å². The van der Waals surface area contributed by atoms with Crippen LogP contribution in [-0.4, -0.2) is 47.2 Å². The number of fused-ring (bicyclic) bond motifs is 1. The number of likely N-dealkylation sites (tertiary alicyclic amines) is 1. The average molecular weight is 426 g/mol. The summed E-state index contributed by atoms with van der Waals surface area (Å²) < 4.78 is 24.1. The van der Waals surface area contributed by atoms with Crippen molar-refractivity contribution in [2.75, 3.05) is 26.2 Å². The number of H-pyrrole nitrogens is 1. The number of carbonyl (C=O) groups excluding carboxylic acids is 1. The molecule has 0 aliphatic carbocycles. The lowest BCUT2D eigenvalue weighted by molar-refractivity contribution is 0.198. The van der Waals surface area contributed by atoms with Crippen molar-refractivity contribution in [3.8, 4) is 11.6 Å². The van der Waals surface area contributed by atoms with Gasteiger partial charge >= 0.3 is 6.09 Å². The molecule has 1 amide bonds. The summed E-state index contributed by atoms with van der Waals surface area (Å²) in [6.07, 6.45) is 5.97. The number of aromatic amines is 1. The van der Waals surface area contributed by atoms with Crippen molar-refractivity contribution in [2.24, 2.45) is 0 Å². The van der Waals surface area contributed by atoms with Gasteiger partial charge in [0.1, 0.15) is 17.2 Å². The number of ether oxygens (including phenoxy) is 2. The zero-order valence-electron chi connectivity index (χ0n) is 17.4. The molecule has 4 rings (SSSR count). The fourth-order valence-corrected chi connectivity index (χ4v) is 3.68. The fraction of sp³-hybridized carbons (Fsp3) is 0.391. The molecule has 2 aromatic heterocycles. The maximum Gasteiger partial charge on any atom is 0.414 e. The van der Waals surface area contributed by atoms with Crippen molar-refractivity contribution in [3.05, 3.63) is 54.0 Å². The monoisotopic (exact) mass is 426 g/mol. The molecule has 3 heterocycles. The SMILES string of the molecule is O=C(NCc1ccc(F)cc1)Oc1cc2cc(OCCCN3CCCCC3)cnc2[nH]1. The van der Waals surface area contributed by atoms with E-state index in [2.05, 4.69) is 20.2 Å². The van der Waals surface area contributed by atoms with Gasteiger partial charge in [-0.3, -0.25) is 0 Å². The van der Waals surface area contributed by atoms with E-state index in [0.717, 1.165) is 23.9 Å². The molecule has 7 nitrogen and oxygen atoms in total. The second-order valence-electron chi connectivity index (χ2n) is 7.72. The van der Waals surface area contributed by atoms with Crippen LogP contribution in [0.15, 0.2) is 42.6 Å². The molecular formula is C23H27FN4O3. The second kappa shape index (κ2) is 10.3. The van der Waals surface area contributed by atoms with Crippen LogP contribution < -0.4 is 14.8 Å². The van der Waals surface area contributed by atoms with Gasteiger partial charge in [-0.1, -0.05) is 18.6 Å². The highest BCUT2D eigenvalue weighted by Crippen LogP contribution is 2.23. The predicted octanol–water partition coefficient (Wildman–Crippen LogP) is 4.25. The Morgan fingerprint density at radius 1 is 1.16 bits per heavy atom. The molecule has 31 heavy (non-hydrogen) atoms. The van der Waals surface area contributed by atoms with Crippen molar-refractivity contribution in [1.82, 2.24) is 20.2 Å². The summed E-state index contributed by atoms with van der Waals surface area (Å²) in [5, 5.41) is 3.43. The number of pyridine rings is 1. The molecule has 1 saturated heterocycles. The average Bonchev–Trinajstić information content (AvgIpc) is 3.18. The number of nitrogens with zero attached hydrogens (tertiary/aromatic N) is 2. The quantitative estimate of drug-likeness (QED) is 0.527. The third-order valence-electron chi connectivity index (χ3n) is 5.31. The van der Waals surface area contributed by atoms with Gasteiger partial charge in [0, 0.05) is 24.5 Å². The number of aromatic nitrogens is 2. The summed E-state index contributed by atoms with van der Waals surface area (Å²) in [4.78, 5) is 21.8. The Bertz CT molecular complexity index is 1000. The smallest absolute Gasteiger partial charge is 0.414 e. The van der Waals surface area contributed by atoms with Crippen LogP contribution in [0.5, 0.6) is 11.6 Å². The normalized spacial score (nSPS) is 14.5. The summed E-state index contributed by atoms with van der Waals surface area (Å²) in [6, 6.07) is 9.49. The van der Waals surface area contributed by atoms with E-state index in [0.29, 0.717) is 23.9 Å². The zero-order valence-corrected chi connectivity index (χ0v) is 17.4. The molecule has 0 atom stereocenters. The Morgan fingerprint density at radius 2 is 1.97 bits per heavy atom. The van der Waals surface area contributed by atoms with Crippen LogP contribution in [-0.2, 0) is 6.54 Å². The standard InChI is InChI=1S/C23H27FN4O3/c24-19-7-5-17(6-8-19)15-26-23(29)31-21-14-18-13-20(16-25-22(18)27-21)30-12-4-11-28-9-2-1-3-10-28/h5-8,13-14,16H,1-4,9-12,15H2,(H,25,27)(H,26,29). The maximum absolute atomic E-state index is 12.9. The van der Waals surface area contributed by atoms with E-state index in [1.165, 1.54) is 44.5 Å². The van der Waals surface area contributed by atoms with E-state index in [4.69, 9.17) is 9.47 Å². The number of piperidine rings is 1. The maximum atomic E-state index is 12.9. The van der Waals surface area contributed by atoms with Crippen LogP contribution in [0.4, 0.5) is 9.18 Å². The first-order valence-corrected chi connectivity index (χ1v) is 10.7. The van der Waals surface area contributed by atoms with Crippen LogP contribution in [0.25, 0.3) is 11.0 Å². The van der Waals surface area contributed by atoms with E-state index < -0.39 is 6.09 Å². The van der Waals surface area contributed by atoms with Gasteiger partial charge < -0.3 is 24.7 Å². The number of hydrogen-bond acceptors (Lipinski definition) is 5. The van der Waals surface area contributed by atoms with Crippen molar-refractivity contribution < 1.29 is 18.7 Å². The number of carbonyl (C=O) groups is 1. The van der Waals surface area contributed by atoms with E-state index in [1.54, 1.807) is 24.4 Å². The number of nitrogens with one attached hydrogen (secondary N) is 2. The van der Waals surface area contributed by atoms with Crippen LogP contribution in [0.2, 0.25) is 0 Å². The lowest BCUT2D eigenvalue weighted by Gasteiger charge is -2.26.